The minimum atomic E-state index is 0.223. The average molecular weight is 339 g/mol. The highest BCUT2D eigenvalue weighted by atomic mass is 16.5. The second-order valence-electron chi connectivity index (χ2n) is 6.11. The predicted octanol–water partition coefficient (Wildman–Crippen LogP) is 2.76. The molecule has 0 bridgehead atoms. The molecule has 2 heterocycles. The van der Waals surface area contributed by atoms with Crippen molar-refractivity contribution in [3.8, 4) is 5.75 Å². The van der Waals surface area contributed by atoms with Gasteiger partial charge in [-0.15, -0.1) is 0 Å². The zero-order valence-corrected chi connectivity index (χ0v) is 14.7. The first-order chi connectivity index (χ1) is 12.3. The molecule has 0 N–H and O–H groups in total. The first kappa shape index (κ1) is 17.3. The van der Waals surface area contributed by atoms with Crippen molar-refractivity contribution in [2.45, 2.75) is 19.8 Å². The number of para-hydroxylation sites is 1. The van der Waals surface area contributed by atoms with E-state index in [1.807, 2.05) is 60.6 Å². The number of aryl methyl sites for hydroxylation is 1. The summed E-state index contributed by atoms with van der Waals surface area (Å²) in [5, 5.41) is 0. The molecule has 3 rings (SSSR count). The summed E-state index contributed by atoms with van der Waals surface area (Å²) in [6.45, 7) is 5.89. The quantitative estimate of drug-likeness (QED) is 0.812. The van der Waals surface area contributed by atoms with Crippen LogP contribution < -0.4 is 9.64 Å². The number of aromatic nitrogens is 1. The maximum Gasteiger partial charge on any atom is 0.223 e. The topological polar surface area (TPSA) is 45.7 Å². The molecule has 0 radical (unpaired) electrons. The Balaban J connectivity index is 1.50. The van der Waals surface area contributed by atoms with Gasteiger partial charge in [0.25, 0.3) is 0 Å². The van der Waals surface area contributed by atoms with Crippen LogP contribution in [0, 0.1) is 0 Å². The number of hydrogen-bond donors (Lipinski definition) is 0. The third-order valence-corrected chi connectivity index (χ3v) is 4.54. The normalized spacial score (nSPS) is 14.4. The SMILES string of the molecule is CCOc1ccccc1CCC(=O)N1CCN(c2ccncc2)CC1. The van der Waals surface area contributed by atoms with Gasteiger partial charge < -0.3 is 14.5 Å². The van der Waals surface area contributed by atoms with Crippen molar-refractivity contribution in [3.05, 3.63) is 54.4 Å². The van der Waals surface area contributed by atoms with Gasteiger partial charge >= 0.3 is 0 Å². The maximum absolute atomic E-state index is 12.5. The highest BCUT2D eigenvalue weighted by Crippen LogP contribution is 2.20. The Hall–Kier alpha value is -2.56. The molecule has 5 nitrogen and oxygen atoms in total. The van der Waals surface area contributed by atoms with Crippen molar-refractivity contribution in [1.82, 2.24) is 9.88 Å². The smallest absolute Gasteiger partial charge is 0.223 e. The van der Waals surface area contributed by atoms with E-state index in [0.29, 0.717) is 13.0 Å². The number of nitrogens with zero attached hydrogens (tertiary/aromatic N) is 3. The van der Waals surface area contributed by atoms with Crippen LogP contribution in [0.25, 0.3) is 0 Å². The van der Waals surface area contributed by atoms with Crippen LogP contribution in [0.2, 0.25) is 0 Å². The Kier molecular flexibility index (Phi) is 5.88. The molecule has 2 aromatic rings. The third kappa shape index (κ3) is 4.50. The second kappa shape index (κ2) is 8.51. The molecule has 1 aliphatic rings. The molecule has 1 aliphatic heterocycles. The molecule has 0 unspecified atom stereocenters. The number of ether oxygens (including phenoxy) is 1. The van der Waals surface area contributed by atoms with Crippen LogP contribution in [0.15, 0.2) is 48.8 Å². The van der Waals surface area contributed by atoms with Gasteiger partial charge in [-0.05, 0) is 37.1 Å². The lowest BCUT2D eigenvalue weighted by atomic mass is 10.1. The van der Waals surface area contributed by atoms with Crippen LogP contribution in [-0.4, -0.2) is 48.6 Å². The van der Waals surface area contributed by atoms with E-state index in [4.69, 9.17) is 4.74 Å². The molecular weight excluding hydrogens is 314 g/mol. The molecule has 0 atom stereocenters. The number of piperazine rings is 1. The Morgan fingerprint density at radius 1 is 1.08 bits per heavy atom. The van der Waals surface area contributed by atoms with Crippen LogP contribution in [-0.2, 0) is 11.2 Å². The molecule has 0 aliphatic carbocycles. The number of carbonyl (C=O) groups is 1. The fourth-order valence-electron chi connectivity index (χ4n) is 3.18. The number of pyridine rings is 1. The van der Waals surface area contributed by atoms with Crippen molar-refractivity contribution in [2.24, 2.45) is 0 Å². The fraction of sp³-hybridized carbons (Fsp3) is 0.400. The number of hydrogen-bond acceptors (Lipinski definition) is 4. The van der Waals surface area contributed by atoms with Gasteiger partial charge in [0.2, 0.25) is 5.91 Å². The summed E-state index contributed by atoms with van der Waals surface area (Å²) >= 11 is 0. The Morgan fingerprint density at radius 2 is 1.80 bits per heavy atom. The van der Waals surface area contributed by atoms with Crippen molar-refractivity contribution >= 4 is 11.6 Å². The summed E-state index contributed by atoms with van der Waals surface area (Å²) in [5.74, 6) is 1.11. The van der Waals surface area contributed by atoms with Crippen molar-refractivity contribution in [1.29, 1.82) is 0 Å². The number of benzene rings is 1. The standard InChI is InChI=1S/C20H25N3O2/c1-2-25-19-6-4-3-5-17(19)7-8-20(24)23-15-13-22(14-16-23)18-9-11-21-12-10-18/h3-6,9-12H,2,7-8,13-16H2,1H3. The lowest BCUT2D eigenvalue weighted by Crippen LogP contribution is -2.48. The van der Waals surface area contributed by atoms with Gasteiger partial charge in [-0.3, -0.25) is 9.78 Å². The maximum atomic E-state index is 12.5. The van der Waals surface area contributed by atoms with Gasteiger partial charge in [0.05, 0.1) is 6.61 Å². The summed E-state index contributed by atoms with van der Waals surface area (Å²) in [4.78, 5) is 20.9. The number of amides is 1. The van der Waals surface area contributed by atoms with Crippen LogP contribution >= 0.6 is 0 Å². The molecule has 1 saturated heterocycles. The molecule has 1 fully saturated rings. The lowest BCUT2D eigenvalue weighted by Gasteiger charge is -2.36. The lowest BCUT2D eigenvalue weighted by molar-refractivity contribution is -0.131. The summed E-state index contributed by atoms with van der Waals surface area (Å²) < 4.78 is 5.64. The van der Waals surface area contributed by atoms with Crippen LogP contribution in [0.3, 0.4) is 0 Å². The average Bonchev–Trinajstić information content (AvgIpc) is 2.68. The zero-order chi connectivity index (χ0) is 17.5. The molecule has 1 amide bonds. The van der Waals surface area contributed by atoms with Gasteiger partial charge in [0.15, 0.2) is 0 Å². The third-order valence-electron chi connectivity index (χ3n) is 4.54. The van der Waals surface area contributed by atoms with E-state index in [9.17, 15) is 4.79 Å². The Morgan fingerprint density at radius 3 is 2.52 bits per heavy atom. The monoisotopic (exact) mass is 339 g/mol. The van der Waals surface area contributed by atoms with Gasteiger partial charge in [-0.2, -0.15) is 0 Å². The summed E-state index contributed by atoms with van der Waals surface area (Å²) in [6.07, 6.45) is 4.87. The fourth-order valence-corrected chi connectivity index (χ4v) is 3.18. The van der Waals surface area contributed by atoms with E-state index in [1.165, 1.54) is 5.69 Å². The molecule has 0 saturated carbocycles. The molecule has 25 heavy (non-hydrogen) atoms. The van der Waals surface area contributed by atoms with Crippen LogP contribution in [0.1, 0.15) is 18.9 Å². The minimum Gasteiger partial charge on any atom is -0.494 e. The molecule has 132 valence electrons. The predicted molar refractivity (Wildman–Crippen MR) is 99.0 cm³/mol. The Bertz CT molecular complexity index is 682. The summed E-state index contributed by atoms with van der Waals surface area (Å²) in [5.41, 5.74) is 2.28. The highest BCUT2D eigenvalue weighted by Gasteiger charge is 2.21. The molecule has 1 aromatic heterocycles. The van der Waals surface area contributed by atoms with Crippen molar-refractivity contribution < 1.29 is 9.53 Å². The van der Waals surface area contributed by atoms with Gasteiger partial charge in [-0.1, -0.05) is 18.2 Å². The van der Waals surface area contributed by atoms with Crippen molar-refractivity contribution in [2.75, 3.05) is 37.7 Å². The highest BCUT2D eigenvalue weighted by molar-refractivity contribution is 5.77. The van der Waals surface area contributed by atoms with E-state index in [2.05, 4.69) is 9.88 Å². The van der Waals surface area contributed by atoms with Gasteiger partial charge in [0.1, 0.15) is 5.75 Å². The first-order valence-electron chi connectivity index (χ1n) is 8.91. The molecule has 5 heteroatoms. The van der Waals surface area contributed by atoms with E-state index in [0.717, 1.165) is 43.9 Å². The molecule has 1 aromatic carbocycles. The van der Waals surface area contributed by atoms with Gasteiger partial charge in [0, 0.05) is 50.7 Å². The van der Waals surface area contributed by atoms with Crippen LogP contribution in [0.4, 0.5) is 5.69 Å². The zero-order valence-electron chi connectivity index (χ0n) is 14.7. The molecular formula is C20H25N3O2. The van der Waals surface area contributed by atoms with E-state index < -0.39 is 0 Å². The minimum absolute atomic E-state index is 0.223. The second-order valence-corrected chi connectivity index (χ2v) is 6.11. The van der Waals surface area contributed by atoms with Crippen molar-refractivity contribution in [3.63, 3.8) is 0 Å². The van der Waals surface area contributed by atoms with E-state index in [-0.39, 0.29) is 5.91 Å². The van der Waals surface area contributed by atoms with Gasteiger partial charge in [-0.25, -0.2) is 0 Å². The first-order valence-corrected chi connectivity index (χ1v) is 8.91. The number of anilines is 1. The summed E-state index contributed by atoms with van der Waals surface area (Å²) in [6, 6.07) is 12.0. The van der Waals surface area contributed by atoms with E-state index >= 15 is 0 Å². The van der Waals surface area contributed by atoms with E-state index in [1.54, 1.807) is 0 Å². The molecule has 0 spiro atoms. The summed E-state index contributed by atoms with van der Waals surface area (Å²) in [7, 11) is 0. The number of rotatable bonds is 6. The largest absolute Gasteiger partial charge is 0.494 e. The number of carbonyl (C=O) groups excluding carboxylic acids is 1. The van der Waals surface area contributed by atoms with Crippen LogP contribution in [0.5, 0.6) is 5.75 Å². The Labute approximate surface area is 149 Å².